The zero-order chi connectivity index (χ0) is 20.1. The van der Waals surface area contributed by atoms with Crippen LogP contribution < -0.4 is 5.32 Å². The third kappa shape index (κ3) is 5.15. The molecule has 0 radical (unpaired) electrons. The lowest BCUT2D eigenvalue weighted by molar-refractivity contribution is 0.0925. The van der Waals surface area contributed by atoms with Crippen LogP contribution in [0.4, 0.5) is 0 Å². The van der Waals surface area contributed by atoms with Crippen molar-refractivity contribution in [2.75, 3.05) is 19.6 Å². The molecule has 152 valence electrons. The van der Waals surface area contributed by atoms with Gasteiger partial charge in [-0.15, -0.1) is 11.3 Å². The van der Waals surface area contributed by atoms with Crippen molar-refractivity contribution < 1.29 is 9.32 Å². The molecule has 4 rings (SSSR count). The first-order valence-electron chi connectivity index (χ1n) is 9.99. The van der Waals surface area contributed by atoms with Crippen LogP contribution in [-0.2, 0) is 0 Å². The van der Waals surface area contributed by atoms with Gasteiger partial charge < -0.3 is 9.84 Å². The van der Waals surface area contributed by atoms with Gasteiger partial charge in [0.05, 0.1) is 6.04 Å². The van der Waals surface area contributed by atoms with Gasteiger partial charge in [-0.25, -0.2) is 0 Å². The third-order valence-electron chi connectivity index (χ3n) is 5.28. The average molecular weight is 474 g/mol. The van der Waals surface area contributed by atoms with E-state index in [0.717, 1.165) is 23.1 Å². The zero-order valence-corrected chi connectivity index (χ0v) is 18.5. The predicted octanol–water partition coefficient (Wildman–Crippen LogP) is 5.51. The highest BCUT2D eigenvalue weighted by Gasteiger charge is 2.24. The fraction of sp³-hybridized carbons (Fsp3) is 0.364. The van der Waals surface area contributed by atoms with Crippen molar-refractivity contribution in [1.82, 2.24) is 15.4 Å². The van der Waals surface area contributed by atoms with Gasteiger partial charge in [-0.1, -0.05) is 52.1 Å². The maximum Gasteiger partial charge on any atom is 0.273 e. The van der Waals surface area contributed by atoms with E-state index in [9.17, 15) is 4.79 Å². The van der Waals surface area contributed by atoms with E-state index in [2.05, 4.69) is 48.8 Å². The van der Waals surface area contributed by atoms with Gasteiger partial charge in [0.25, 0.3) is 5.91 Å². The molecular formula is C22H24BrN3O2S. The summed E-state index contributed by atoms with van der Waals surface area (Å²) in [6.07, 6.45) is 5.01. The Labute approximate surface area is 183 Å². The van der Waals surface area contributed by atoms with Gasteiger partial charge in [0.15, 0.2) is 11.5 Å². The number of carbonyl (C=O) groups is 1. The minimum atomic E-state index is -0.200. The molecule has 1 unspecified atom stereocenters. The van der Waals surface area contributed by atoms with E-state index in [1.165, 1.54) is 30.6 Å². The first-order valence-corrected chi connectivity index (χ1v) is 11.7. The van der Waals surface area contributed by atoms with Crippen molar-refractivity contribution in [3.05, 3.63) is 62.9 Å². The second-order valence-corrected chi connectivity index (χ2v) is 9.17. The Balaban J connectivity index is 1.43. The Morgan fingerprint density at radius 2 is 1.93 bits per heavy atom. The number of hydrogen-bond donors (Lipinski definition) is 1. The second kappa shape index (κ2) is 9.69. The first kappa shape index (κ1) is 20.3. The van der Waals surface area contributed by atoms with Crippen LogP contribution in [0.15, 0.2) is 56.8 Å². The van der Waals surface area contributed by atoms with Crippen molar-refractivity contribution >= 4 is 33.2 Å². The van der Waals surface area contributed by atoms with Crippen LogP contribution in [0.2, 0.25) is 0 Å². The largest absolute Gasteiger partial charge is 0.355 e. The molecule has 2 aromatic heterocycles. The fourth-order valence-corrected chi connectivity index (χ4v) is 4.83. The second-order valence-electron chi connectivity index (χ2n) is 7.27. The molecule has 1 saturated heterocycles. The minimum absolute atomic E-state index is 0.200. The van der Waals surface area contributed by atoms with E-state index in [1.54, 1.807) is 17.4 Å². The SMILES string of the molecule is O=C(NCC(c1cccs1)N1CCCCCC1)c1cc(-c2ccc(Br)cc2)on1. The number of likely N-dealkylation sites (tertiary alicyclic amines) is 1. The summed E-state index contributed by atoms with van der Waals surface area (Å²) in [4.78, 5) is 16.5. The monoisotopic (exact) mass is 473 g/mol. The van der Waals surface area contributed by atoms with Gasteiger partial charge in [0, 0.05) is 27.5 Å². The molecule has 1 amide bonds. The molecule has 3 aromatic rings. The van der Waals surface area contributed by atoms with Crippen molar-refractivity contribution in [3.8, 4) is 11.3 Å². The van der Waals surface area contributed by atoms with E-state index in [4.69, 9.17) is 4.52 Å². The van der Waals surface area contributed by atoms with Gasteiger partial charge in [-0.05, 0) is 49.5 Å². The van der Waals surface area contributed by atoms with Crippen LogP contribution in [0.5, 0.6) is 0 Å². The standard InChI is InChI=1S/C22H24BrN3O2S/c23-17-9-7-16(8-10-17)20-14-18(25-28-20)22(27)24-15-19(21-6-5-13-29-21)26-11-3-1-2-4-12-26/h5-10,13-14,19H,1-4,11-12,15H2,(H,24,27). The number of rotatable bonds is 6. The van der Waals surface area contributed by atoms with Crippen LogP contribution in [0.3, 0.4) is 0 Å². The molecule has 0 saturated carbocycles. The van der Waals surface area contributed by atoms with Crippen LogP contribution in [0.1, 0.15) is 47.1 Å². The summed E-state index contributed by atoms with van der Waals surface area (Å²) >= 11 is 5.17. The maximum absolute atomic E-state index is 12.7. The topological polar surface area (TPSA) is 58.4 Å². The number of carbonyl (C=O) groups excluding carboxylic acids is 1. The molecule has 29 heavy (non-hydrogen) atoms. The molecular weight excluding hydrogens is 450 g/mol. The number of benzene rings is 1. The maximum atomic E-state index is 12.7. The lowest BCUT2D eigenvalue weighted by Gasteiger charge is -2.30. The Morgan fingerprint density at radius 1 is 1.17 bits per heavy atom. The number of hydrogen-bond acceptors (Lipinski definition) is 5. The molecule has 1 aliphatic rings. The summed E-state index contributed by atoms with van der Waals surface area (Å²) in [7, 11) is 0. The molecule has 1 fully saturated rings. The number of nitrogens with one attached hydrogen (secondary N) is 1. The smallest absolute Gasteiger partial charge is 0.273 e. The molecule has 1 aliphatic heterocycles. The highest BCUT2D eigenvalue weighted by Crippen LogP contribution is 2.27. The van der Waals surface area contributed by atoms with Crippen molar-refractivity contribution in [2.45, 2.75) is 31.7 Å². The highest BCUT2D eigenvalue weighted by molar-refractivity contribution is 9.10. The Bertz CT molecular complexity index is 916. The van der Waals surface area contributed by atoms with Gasteiger partial charge in [-0.2, -0.15) is 0 Å². The molecule has 0 spiro atoms. The highest BCUT2D eigenvalue weighted by atomic mass is 79.9. The number of halogens is 1. The van der Waals surface area contributed by atoms with Crippen LogP contribution in [-0.4, -0.2) is 35.6 Å². The van der Waals surface area contributed by atoms with E-state index in [0.29, 0.717) is 18.0 Å². The van der Waals surface area contributed by atoms with Crippen molar-refractivity contribution in [2.24, 2.45) is 0 Å². The van der Waals surface area contributed by atoms with E-state index in [1.807, 2.05) is 24.3 Å². The first-order chi connectivity index (χ1) is 14.2. The number of nitrogens with zero attached hydrogens (tertiary/aromatic N) is 2. The molecule has 3 heterocycles. The molecule has 5 nitrogen and oxygen atoms in total. The van der Waals surface area contributed by atoms with Crippen molar-refractivity contribution in [1.29, 1.82) is 0 Å². The van der Waals surface area contributed by atoms with Crippen LogP contribution in [0.25, 0.3) is 11.3 Å². The minimum Gasteiger partial charge on any atom is -0.355 e. The number of aromatic nitrogens is 1. The number of amides is 1. The third-order valence-corrected chi connectivity index (χ3v) is 6.78. The predicted molar refractivity (Wildman–Crippen MR) is 119 cm³/mol. The summed E-state index contributed by atoms with van der Waals surface area (Å²) in [6, 6.07) is 13.9. The van der Waals surface area contributed by atoms with E-state index in [-0.39, 0.29) is 11.9 Å². The molecule has 0 bridgehead atoms. The van der Waals surface area contributed by atoms with Gasteiger partial charge in [-0.3, -0.25) is 9.69 Å². The lowest BCUT2D eigenvalue weighted by Crippen LogP contribution is -2.38. The normalized spacial score (nSPS) is 16.3. The van der Waals surface area contributed by atoms with Crippen molar-refractivity contribution in [3.63, 3.8) is 0 Å². The molecule has 7 heteroatoms. The fourth-order valence-electron chi connectivity index (χ4n) is 3.71. The van der Waals surface area contributed by atoms with Gasteiger partial charge in [0.2, 0.25) is 0 Å². The Kier molecular flexibility index (Phi) is 6.79. The summed E-state index contributed by atoms with van der Waals surface area (Å²) < 4.78 is 6.38. The zero-order valence-electron chi connectivity index (χ0n) is 16.1. The Hall–Kier alpha value is -1.96. The summed E-state index contributed by atoms with van der Waals surface area (Å²) in [5.41, 5.74) is 1.20. The van der Waals surface area contributed by atoms with Gasteiger partial charge >= 0.3 is 0 Å². The quantitative estimate of drug-likeness (QED) is 0.512. The van der Waals surface area contributed by atoms with Crippen LogP contribution >= 0.6 is 27.3 Å². The summed E-state index contributed by atoms with van der Waals surface area (Å²) in [6.45, 7) is 2.73. The lowest BCUT2D eigenvalue weighted by atomic mass is 10.1. The molecule has 1 atom stereocenters. The Morgan fingerprint density at radius 3 is 2.62 bits per heavy atom. The summed E-state index contributed by atoms with van der Waals surface area (Å²) in [5.74, 6) is 0.387. The van der Waals surface area contributed by atoms with E-state index < -0.39 is 0 Å². The molecule has 0 aliphatic carbocycles. The van der Waals surface area contributed by atoms with Gasteiger partial charge in [0.1, 0.15) is 0 Å². The van der Waals surface area contributed by atoms with Crippen LogP contribution in [0, 0.1) is 0 Å². The average Bonchev–Trinajstić information content (AvgIpc) is 3.37. The van der Waals surface area contributed by atoms with E-state index >= 15 is 0 Å². The molecule has 1 N–H and O–H groups in total. The summed E-state index contributed by atoms with van der Waals surface area (Å²) in [5, 5.41) is 9.15. The molecule has 1 aromatic carbocycles. The number of thiophene rings is 1.